The second-order valence-electron chi connectivity index (χ2n) is 7.76. The number of fused-ring (bicyclic) bond motifs is 4. The molecule has 0 radical (unpaired) electrons. The van der Waals surface area contributed by atoms with E-state index in [1.165, 1.54) is 6.07 Å². The van der Waals surface area contributed by atoms with Gasteiger partial charge in [-0.1, -0.05) is 12.6 Å². The van der Waals surface area contributed by atoms with Gasteiger partial charge in [0.05, 0.1) is 12.5 Å². The van der Waals surface area contributed by atoms with Gasteiger partial charge in [-0.3, -0.25) is 9.48 Å². The van der Waals surface area contributed by atoms with E-state index in [0.717, 1.165) is 28.2 Å². The minimum absolute atomic E-state index is 0.164. The average Bonchev–Trinajstić information content (AvgIpc) is 3.30. The van der Waals surface area contributed by atoms with Gasteiger partial charge >= 0.3 is 0 Å². The van der Waals surface area contributed by atoms with Crippen LogP contribution in [0.5, 0.6) is 17.2 Å². The zero-order valence-electron chi connectivity index (χ0n) is 17.9. The third kappa shape index (κ3) is 2.99. The van der Waals surface area contributed by atoms with Crippen LogP contribution >= 0.6 is 0 Å². The molecule has 32 heavy (non-hydrogen) atoms. The molecule has 0 atom stereocenters. The molecule has 0 saturated carbocycles. The maximum Gasteiger partial charge on any atom is 0.186 e. The first-order valence-corrected chi connectivity index (χ1v) is 9.96. The molecule has 0 aliphatic carbocycles. The Balaban J connectivity index is 1.86. The van der Waals surface area contributed by atoms with Crippen LogP contribution in [0.15, 0.2) is 57.9 Å². The second kappa shape index (κ2) is 7.19. The van der Waals surface area contributed by atoms with Crippen LogP contribution in [0.2, 0.25) is 0 Å². The molecule has 5 rings (SSSR count). The Morgan fingerprint density at radius 3 is 2.84 bits per heavy atom. The molecule has 0 amide bonds. The summed E-state index contributed by atoms with van der Waals surface area (Å²) >= 11 is 0. The van der Waals surface area contributed by atoms with Crippen LogP contribution in [0, 0.1) is 0 Å². The molecule has 3 heterocycles. The van der Waals surface area contributed by atoms with Gasteiger partial charge in [-0.25, -0.2) is 4.98 Å². The van der Waals surface area contributed by atoms with Crippen LogP contribution in [0.1, 0.15) is 6.92 Å². The van der Waals surface area contributed by atoms with E-state index in [1.807, 2.05) is 38.4 Å². The number of hydrogen-bond donors (Lipinski definition) is 2. The molecular weight excluding hydrogens is 410 g/mol. The second-order valence-corrected chi connectivity index (χ2v) is 7.76. The van der Waals surface area contributed by atoms with E-state index in [0.29, 0.717) is 40.2 Å². The number of methoxy groups -OCH3 is 1. The van der Waals surface area contributed by atoms with Crippen molar-refractivity contribution >= 4 is 33.1 Å². The summed E-state index contributed by atoms with van der Waals surface area (Å²) in [4.78, 5) is 16.7. The molecular formula is C24H21N3O5. The lowest BCUT2D eigenvalue weighted by Crippen LogP contribution is -2.00. The highest BCUT2D eigenvalue weighted by atomic mass is 16.5. The highest BCUT2D eigenvalue weighted by Gasteiger charge is 2.22. The fraction of sp³-hybridized carbons (Fsp3) is 0.167. The first-order chi connectivity index (χ1) is 15.4. The number of benzene rings is 2. The lowest BCUT2D eigenvalue weighted by molar-refractivity contribution is 0.320. The molecule has 2 N–H and O–H groups in total. The standard InChI is InChI=1S/C24H21N3O5/c1-12(2)11-31-18-7-13(5-6-17(18)30-4)20-15-10-25-27(3)24(15)26-22-21-16(29)8-14(28)9-19(21)32-23(20)22/h5-10,25,29H,1,11H2,2-4H3. The predicted molar refractivity (Wildman–Crippen MR) is 123 cm³/mol. The van der Waals surface area contributed by atoms with Gasteiger partial charge in [-0.2, -0.15) is 0 Å². The molecule has 0 aliphatic heterocycles. The smallest absolute Gasteiger partial charge is 0.186 e. The van der Waals surface area contributed by atoms with Gasteiger partial charge < -0.3 is 24.1 Å². The minimum atomic E-state index is -0.339. The Hall–Kier alpha value is -4.20. The van der Waals surface area contributed by atoms with E-state index in [2.05, 4.69) is 11.7 Å². The van der Waals surface area contributed by atoms with Gasteiger partial charge in [0.15, 0.2) is 28.2 Å². The molecule has 0 unspecified atom stereocenters. The number of hydrogen-bond acceptors (Lipinski definition) is 6. The predicted octanol–water partition coefficient (Wildman–Crippen LogP) is 4.50. The summed E-state index contributed by atoms with van der Waals surface area (Å²) in [5.74, 6) is 0.990. The van der Waals surface area contributed by atoms with Crippen LogP contribution in [0.4, 0.5) is 0 Å². The zero-order valence-corrected chi connectivity index (χ0v) is 17.9. The highest BCUT2D eigenvalue weighted by molar-refractivity contribution is 6.16. The SMILES string of the molecule is C=C(C)COc1cc(-c2c3c[nH]n(C)c3nc3c2oc2cc(=O)cc(O)c23)ccc1OC. The molecule has 8 nitrogen and oxygen atoms in total. The molecule has 162 valence electrons. The van der Waals surface area contributed by atoms with Crippen molar-refractivity contribution in [3.8, 4) is 28.4 Å². The van der Waals surface area contributed by atoms with Gasteiger partial charge in [0.25, 0.3) is 0 Å². The van der Waals surface area contributed by atoms with Crippen molar-refractivity contribution in [3.63, 3.8) is 0 Å². The monoisotopic (exact) mass is 431 g/mol. The molecule has 8 heteroatoms. The van der Waals surface area contributed by atoms with Crippen molar-refractivity contribution in [2.24, 2.45) is 7.05 Å². The van der Waals surface area contributed by atoms with E-state index in [-0.39, 0.29) is 16.8 Å². The first kappa shape index (κ1) is 19.7. The van der Waals surface area contributed by atoms with Crippen molar-refractivity contribution in [1.29, 1.82) is 0 Å². The summed E-state index contributed by atoms with van der Waals surface area (Å²) in [5.41, 5.74) is 3.98. The Morgan fingerprint density at radius 2 is 2.09 bits per heavy atom. The third-order valence-electron chi connectivity index (χ3n) is 5.32. The number of rotatable bonds is 5. The molecule has 0 fully saturated rings. The molecule has 2 aromatic carbocycles. The summed E-state index contributed by atoms with van der Waals surface area (Å²) in [6, 6.07) is 8.11. The molecule has 5 aromatic rings. The van der Waals surface area contributed by atoms with E-state index in [4.69, 9.17) is 18.9 Å². The Labute approximate surface area is 182 Å². The Kier molecular flexibility index (Phi) is 4.44. The van der Waals surface area contributed by atoms with Crippen molar-refractivity contribution < 1.29 is 19.0 Å². The van der Waals surface area contributed by atoms with E-state index >= 15 is 0 Å². The van der Waals surface area contributed by atoms with E-state index in [1.54, 1.807) is 11.8 Å². The van der Waals surface area contributed by atoms with Crippen LogP contribution in [0.3, 0.4) is 0 Å². The van der Waals surface area contributed by atoms with Crippen molar-refractivity contribution in [2.45, 2.75) is 6.92 Å². The lowest BCUT2D eigenvalue weighted by atomic mass is 10.0. The molecule has 0 bridgehead atoms. The van der Waals surface area contributed by atoms with Crippen molar-refractivity contribution in [1.82, 2.24) is 14.8 Å². The molecule has 0 saturated heterocycles. The van der Waals surface area contributed by atoms with E-state index in [9.17, 15) is 9.90 Å². The van der Waals surface area contributed by atoms with Crippen molar-refractivity contribution in [2.75, 3.05) is 13.7 Å². The van der Waals surface area contributed by atoms with E-state index < -0.39 is 0 Å². The number of nitrogens with zero attached hydrogens (tertiary/aromatic N) is 2. The van der Waals surface area contributed by atoms with Crippen molar-refractivity contribution in [3.05, 3.63) is 58.9 Å². The van der Waals surface area contributed by atoms with Gasteiger partial charge in [0.1, 0.15) is 23.5 Å². The fourth-order valence-corrected chi connectivity index (χ4v) is 3.89. The third-order valence-corrected chi connectivity index (χ3v) is 5.32. The Morgan fingerprint density at radius 1 is 1.28 bits per heavy atom. The summed E-state index contributed by atoms with van der Waals surface area (Å²) in [6.07, 6.45) is 1.84. The topological polar surface area (TPSA) is 103 Å². The number of phenolic OH excluding ortho intramolecular Hbond substituents is 1. The van der Waals surface area contributed by atoms with Gasteiger partial charge in [-0.15, -0.1) is 0 Å². The number of aromatic nitrogens is 3. The normalized spacial score (nSPS) is 11.5. The number of phenols is 1. The maximum atomic E-state index is 11.9. The summed E-state index contributed by atoms with van der Waals surface area (Å²) in [5, 5.41) is 14.8. The summed E-state index contributed by atoms with van der Waals surface area (Å²) in [6.45, 7) is 6.12. The van der Waals surface area contributed by atoms with Crippen LogP contribution in [-0.2, 0) is 7.05 Å². The summed E-state index contributed by atoms with van der Waals surface area (Å²) in [7, 11) is 3.43. The number of pyridine rings is 1. The van der Waals surface area contributed by atoms with Gasteiger partial charge in [0.2, 0.25) is 0 Å². The van der Waals surface area contributed by atoms with Gasteiger partial charge in [-0.05, 0) is 30.2 Å². The van der Waals surface area contributed by atoms with Gasteiger partial charge in [0, 0.05) is 36.3 Å². The number of aromatic amines is 1. The number of H-pyrrole nitrogens is 1. The molecule has 0 aliphatic rings. The number of ether oxygens (including phenoxy) is 2. The van der Waals surface area contributed by atoms with Crippen LogP contribution in [-0.4, -0.2) is 33.6 Å². The largest absolute Gasteiger partial charge is 0.507 e. The average molecular weight is 431 g/mol. The molecule has 0 spiro atoms. The maximum absolute atomic E-state index is 11.9. The highest BCUT2D eigenvalue weighted by Crippen LogP contribution is 2.43. The number of aromatic hydroxyl groups is 1. The van der Waals surface area contributed by atoms with Crippen LogP contribution in [0.25, 0.3) is 44.2 Å². The quantitative estimate of drug-likeness (QED) is 0.397. The molecule has 3 aromatic heterocycles. The number of furan rings is 1. The number of aryl methyl sites for hydroxylation is 1. The zero-order chi connectivity index (χ0) is 22.6. The summed E-state index contributed by atoms with van der Waals surface area (Å²) < 4.78 is 19.2. The minimum Gasteiger partial charge on any atom is -0.507 e. The first-order valence-electron chi connectivity index (χ1n) is 9.96. The Bertz CT molecular complexity index is 1590. The number of nitrogens with one attached hydrogen (secondary N) is 1. The van der Waals surface area contributed by atoms with Crippen LogP contribution < -0.4 is 14.9 Å². The lowest BCUT2D eigenvalue weighted by Gasteiger charge is -2.13. The fourth-order valence-electron chi connectivity index (χ4n) is 3.89.